The van der Waals surface area contributed by atoms with Crippen LogP contribution in [0.4, 0.5) is 0 Å². The first kappa shape index (κ1) is 11.1. The molecule has 0 saturated heterocycles. The lowest BCUT2D eigenvalue weighted by Crippen LogP contribution is -1.93. The highest BCUT2D eigenvalue weighted by atomic mass is 35.5. The van der Waals surface area contributed by atoms with Gasteiger partial charge in [-0.1, -0.05) is 18.2 Å². The molecule has 0 atom stereocenters. The van der Waals surface area contributed by atoms with Gasteiger partial charge in [0.2, 0.25) is 5.28 Å². The third-order valence-electron chi connectivity index (χ3n) is 2.71. The lowest BCUT2D eigenvalue weighted by Gasteiger charge is -2.08. The normalized spacial score (nSPS) is 10.5. The van der Waals surface area contributed by atoms with Crippen molar-refractivity contribution in [2.45, 2.75) is 20.8 Å². The average molecular weight is 233 g/mol. The van der Waals surface area contributed by atoms with Crippen LogP contribution in [0.25, 0.3) is 11.3 Å². The number of halogens is 1. The monoisotopic (exact) mass is 232 g/mol. The van der Waals surface area contributed by atoms with Gasteiger partial charge in [-0.3, -0.25) is 0 Å². The van der Waals surface area contributed by atoms with Gasteiger partial charge in [-0.15, -0.1) is 0 Å². The first-order chi connectivity index (χ1) is 7.58. The summed E-state index contributed by atoms with van der Waals surface area (Å²) >= 11 is 5.87. The van der Waals surface area contributed by atoms with Gasteiger partial charge in [0, 0.05) is 11.3 Å². The number of benzene rings is 1. The molecule has 0 spiro atoms. The van der Waals surface area contributed by atoms with E-state index in [1.165, 1.54) is 11.1 Å². The molecule has 0 fully saturated rings. The Labute approximate surface area is 100 Å². The summed E-state index contributed by atoms with van der Waals surface area (Å²) in [6.45, 7) is 6.10. The van der Waals surface area contributed by atoms with Gasteiger partial charge < -0.3 is 0 Å². The van der Waals surface area contributed by atoms with Crippen molar-refractivity contribution in [1.82, 2.24) is 9.97 Å². The largest absolute Gasteiger partial charge is 0.223 e. The van der Waals surface area contributed by atoms with E-state index in [-0.39, 0.29) is 0 Å². The van der Waals surface area contributed by atoms with E-state index in [4.69, 9.17) is 11.6 Å². The van der Waals surface area contributed by atoms with Crippen LogP contribution in [0, 0.1) is 20.8 Å². The van der Waals surface area contributed by atoms with Crippen LogP contribution < -0.4 is 0 Å². The van der Waals surface area contributed by atoms with Crippen LogP contribution in [-0.2, 0) is 0 Å². The zero-order valence-electron chi connectivity index (χ0n) is 9.58. The van der Waals surface area contributed by atoms with Crippen molar-refractivity contribution in [2.24, 2.45) is 0 Å². The molecular formula is C13H13ClN2. The summed E-state index contributed by atoms with van der Waals surface area (Å²) in [5.41, 5.74) is 5.38. The second kappa shape index (κ2) is 4.22. The minimum absolute atomic E-state index is 0.302. The van der Waals surface area contributed by atoms with Crippen LogP contribution in [0.1, 0.15) is 16.8 Å². The van der Waals surface area contributed by atoms with Gasteiger partial charge in [-0.05, 0) is 49.6 Å². The molecule has 2 rings (SSSR count). The van der Waals surface area contributed by atoms with Gasteiger partial charge in [0.15, 0.2) is 0 Å². The van der Waals surface area contributed by atoms with E-state index in [0.29, 0.717) is 5.28 Å². The van der Waals surface area contributed by atoms with E-state index in [9.17, 15) is 0 Å². The highest BCUT2D eigenvalue weighted by Gasteiger charge is 2.07. The quantitative estimate of drug-likeness (QED) is 0.701. The minimum Gasteiger partial charge on any atom is -0.223 e. The van der Waals surface area contributed by atoms with Crippen LogP contribution in [0.5, 0.6) is 0 Å². The Morgan fingerprint density at radius 3 is 2.50 bits per heavy atom. The highest BCUT2D eigenvalue weighted by molar-refractivity contribution is 6.28. The molecule has 0 aliphatic carbocycles. The van der Waals surface area contributed by atoms with Gasteiger partial charge in [0.1, 0.15) is 0 Å². The van der Waals surface area contributed by atoms with E-state index in [2.05, 4.69) is 35.9 Å². The molecule has 3 heteroatoms. The molecule has 2 aromatic rings. The molecule has 0 aliphatic heterocycles. The summed E-state index contributed by atoms with van der Waals surface area (Å²) < 4.78 is 0. The number of aromatic nitrogens is 2. The average Bonchev–Trinajstić information content (AvgIpc) is 2.20. The Hall–Kier alpha value is -1.41. The van der Waals surface area contributed by atoms with E-state index in [1.807, 2.05) is 19.1 Å². The molecule has 1 aromatic heterocycles. The molecule has 0 aliphatic rings. The maximum Gasteiger partial charge on any atom is 0.223 e. The van der Waals surface area contributed by atoms with Crippen LogP contribution in [0.3, 0.4) is 0 Å². The first-order valence-electron chi connectivity index (χ1n) is 5.15. The van der Waals surface area contributed by atoms with Crippen molar-refractivity contribution in [3.05, 3.63) is 46.4 Å². The van der Waals surface area contributed by atoms with Crippen molar-refractivity contribution in [2.75, 3.05) is 0 Å². The van der Waals surface area contributed by atoms with E-state index in [0.717, 1.165) is 17.0 Å². The van der Waals surface area contributed by atoms with Crippen LogP contribution in [0.15, 0.2) is 24.3 Å². The molecule has 0 N–H and O–H groups in total. The van der Waals surface area contributed by atoms with Gasteiger partial charge >= 0.3 is 0 Å². The van der Waals surface area contributed by atoms with E-state index in [1.54, 1.807) is 0 Å². The fraction of sp³-hybridized carbons (Fsp3) is 0.231. The molecule has 82 valence electrons. The summed E-state index contributed by atoms with van der Waals surface area (Å²) in [7, 11) is 0. The Morgan fingerprint density at radius 1 is 1.06 bits per heavy atom. The lowest BCUT2D eigenvalue weighted by molar-refractivity contribution is 1.10. The SMILES string of the molecule is Cc1cc(-c2cccc(C)c2C)nc(Cl)n1. The summed E-state index contributed by atoms with van der Waals surface area (Å²) in [6, 6.07) is 8.13. The molecule has 0 radical (unpaired) electrons. The van der Waals surface area contributed by atoms with Crippen molar-refractivity contribution >= 4 is 11.6 Å². The topological polar surface area (TPSA) is 25.8 Å². The Balaban J connectivity index is 2.63. The zero-order chi connectivity index (χ0) is 11.7. The fourth-order valence-electron chi connectivity index (χ4n) is 1.70. The third kappa shape index (κ3) is 2.07. The summed E-state index contributed by atoms with van der Waals surface area (Å²) in [4.78, 5) is 8.33. The number of hydrogen-bond donors (Lipinski definition) is 0. The Bertz CT molecular complexity index is 515. The van der Waals surface area contributed by atoms with Crippen LogP contribution in [-0.4, -0.2) is 9.97 Å². The van der Waals surface area contributed by atoms with Gasteiger partial charge in [0.25, 0.3) is 0 Å². The van der Waals surface area contributed by atoms with E-state index < -0.39 is 0 Å². The molecule has 0 unspecified atom stereocenters. The van der Waals surface area contributed by atoms with Crippen molar-refractivity contribution < 1.29 is 0 Å². The zero-order valence-corrected chi connectivity index (χ0v) is 10.3. The van der Waals surface area contributed by atoms with Crippen LogP contribution >= 0.6 is 11.6 Å². The number of hydrogen-bond acceptors (Lipinski definition) is 2. The number of rotatable bonds is 1. The number of aryl methyl sites for hydroxylation is 2. The van der Waals surface area contributed by atoms with E-state index >= 15 is 0 Å². The molecular weight excluding hydrogens is 220 g/mol. The van der Waals surface area contributed by atoms with Crippen molar-refractivity contribution in [3.63, 3.8) is 0 Å². The predicted molar refractivity (Wildman–Crippen MR) is 66.7 cm³/mol. The van der Waals surface area contributed by atoms with Crippen molar-refractivity contribution in [3.8, 4) is 11.3 Å². The molecule has 2 nitrogen and oxygen atoms in total. The van der Waals surface area contributed by atoms with Gasteiger partial charge in [-0.2, -0.15) is 0 Å². The fourth-order valence-corrected chi connectivity index (χ4v) is 1.92. The van der Waals surface area contributed by atoms with Crippen molar-refractivity contribution in [1.29, 1.82) is 0 Å². The maximum atomic E-state index is 5.87. The standard InChI is InChI=1S/C13H13ClN2/c1-8-5-4-6-11(10(8)3)12-7-9(2)15-13(14)16-12/h4-7H,1-3H3. The third-order valence-corrected chi connectivity index (χ3v) is 2.88. The van der Waals surface area contributed by atoms with Crippen LogP contribution in [0.2, 0.25) is 5.28 Å². The second-order valence-electron chi connectivity index (χ2n) is 3.91. The lowest BCUT2D eigenvalue weighted by atomic mass is 10.0. The molecule has 0 saturated carbocycles. The summed E-state index contributed by atoms with van der Waals surface area (Å²) in [6.07, 6.45) is 0. The maximum absolute atomic E-state index is 5.87. The van der Waals surface area contributed by atoms with Gasteiger partial charge in [-0.25, -0.2) is 9.97 Å². The first-order valence-corrected chi connectivity index (χ1v) is 5.53. The predicted octanol–water partition coefficient (Wildman–Crippen LogP) is 3.72. The molecule has 1 aromatic carbocycles. The molecule has 16 heavy (non-hydrogen) atoms. The Kier molecular flexibility index (Phi) is 2.92. The second-order valence-corrected chi connectivity index (χ2v) is 4.25. The van der Waals surface area contributed by atoms with Gasteiger partial charge in [0.05, 0.1) is 5.69 Å². The molecule has 0 bridgehead atoms. The summed E-state index contributed by atoms with van der Waals surface area (Å²) in [5, 5.41) is 0.302. The highest BCUT2D eigenvalue weighted by Crippen LogP contribution is 2.24. The minimum atomic E-state index is 0.302. The number of nitrogens with zero attached hydrogens (tertiary/aromatic N) is 2. The molecule has 1 heterocycles. The smallest absolute Gasteiger partial charge is 0.223 e. The Morgan fingerprint density at radius 2 is 1.81 bits per heavy atom. The molecule has 0 amide bonds. The summed E-state index contributed by atoms with van der Waals surface area (Å²) in [5.74, 6) is 0.